The quantitative estimate of drug-likeness (QED) is 0.396. The highest BCUT2D eigenvalue weighted by molar-refractivity contribution is 6.36. The van der Waals surface area contributed by atoms with E-state index in [4.69, 9.17) is 16.7 Å². The standard InChI is InChI=1S/C21H20ClFN10O2/c1-2-26-18-19-27-9-12(8-25)33(19)31-20(30-18)28-15-5-11(7-24)6-16(17(15)22)32-4-3-14(13(23)10-32)29-21(34)35/h5-6,9,13-14,29H,2-4,10H2,1H3,(H,34,35)(H2,26,28,30,31)/t13-,14-/m0/s1. The molecule has 0 saturated carbocycles. The molecule has 3 aromatic rings. The van der Waals surface area contributed by atoms with Crippen LogP contribution in [-0.4, -0.2) is 62.6 Å². The van der Waals surface area contributed by atoms with Gasteiger partial charge < -0.3 is 26.0 Å². The zero-order chi connectivity index (χ0) is 25.1. The third-order valence-corrected chi connectivity index (χ3v) is 5.84. The topological polar surface area (TPSA) is 167 Å². The van der Waals surface area contributed by atoms with Gasteiger partial charge in [-0.3, -0.25) is 0 Å². The number of carboxylic acid groups (broad SMARTS) is 1. The van der Waals surface area contributed by atoms with Crippen molar-refractivity contribution in [2.24, 2.45) is 0 Å². The number of rotatable bonds is 6. The van der Waals surface area contributed by atoms with Gasteiger partial charge in [0.1, 0.15) is 12.2 Å². The predicted molar refractivity (Wildman–Crippen MR) is 126 cm³/mol. The molecule has 180 valence electrons. The molecule has 1 amide bonds. The minimum absolute atomic E-state index is 0.0959. The lowest BCUT2D eigenvalue weighted by molar-refractivity contribution is 0.168. The average molecular weight is 499 g/mol. The normalized spacial score (nSPS) is 17.5. The summed E-state index contributed by atoms with van der Waals surface area (Å²) in [7, 11) is 0. The first-order valence-electron chi connectivity index (χ1n) is 10.6. The summed E-state index contributed by atoms with van der Waals surface area (Å²) in [6.45, 7) is 2.65. The van der Waals surface area contributed by atoms with Crippen molar-refractivity contribution in [1.29, 1.82) is 10.5 Å². The fourth-order valence-corrected chi connectivity index (χ4v) is 4.13. The summed E-state index contributed by atoms with van der Waals surface area (Å²) >= 11 is 6.66. The molecule has 4 rings (SSSR count). The summed E-state index contributed by atoms with van der Waals surface area (Å²) in [5.41, 5.74) is 1.56. The van der Waals surface area contributed by atoms with E-state index in [9.17, 15) is 19.7 Å². The highest BCUT2D eigenvalue weighted by atomic mass is 35.5. The van der Waals surface area contributed by atoms with Crippen LogP contribution in [-0.2, 0) is 0 Å². The number of alkyl halides is 1. The molecule has 12 nitrogen and oxygen atoms in total. The summed E-state index contributed by atoms with van der Waals surface area (Å²) in [6, 6.07) is 6.30. The van der Waals surface area contributed by atoms with Crippen LogP contribution in [0.15, 0.2) is 18.3 Å². The Morgan fingerprint density at radius 3 is 2.83 bits per heavy atom. The Hall–Kier alpha value is -4.36. The summed E-state index contributed by atoms with van der Waals surface area (Å²) < 4.78 is 16.0. The number of imidazole rings is 1. The lowest BCUT2D eigenvalue weighted by atomic mass is 10.0. The van der Waals surface area contributed by atoms with Gasteiger partial charge in [0.25, 0.3) is 0 Å². The van der Waals surface area contributed by atoms with Crippen molar-refractivity contribution in [3.63, 3.8) is 0 Å². The van der Waals surface area contributed by atoms with Crippen molar-refractivity contribution in [2.75, 3.05) is 35.2 Å². The van der Waals surface area contributed by atoms with Crippen molar-refractivity contribution < 1.29 is 14.3 Å². The zero-order valence-electron chi connectivity index (χ0n) is 18.5. The lowest BCUT2D eigenvalue weighted by Crippen LogP contribution is -2.52. The van der Waals surface area contributed by atoms with Gasteiger partial charge >= 0.3 is 6.09 Å². The van der Waals surface area contributed by atoms with Crippen molar-refractivity contribution in [2.45, 2.75) is 25.6 Å². The first kappa shape index (κ1) is 23.8. The molecule has 1 aromatic carbocycles. The summed E-state index contributed by atoms with van der Waals surface area (Å²) in [5, 5.41) is 40.6. The molecule has 14 heteroatoms. The summed E-state index contributed by atoms with van der Waals surface area (Å²) in [6.07, 6.45) is -1.13. The number of fused-ring (bicyclic) bond motifs is 1. The second kappa shape index (κ2) is 9.87. The molecule has 3 heterocycles. The van der Waals surface area contributed by atoms with Crippen LogP contribution < -0.4 is 20.9 Å². The first-order chi connectivity index (χ1) is 16.8. The Bertz CT molecular complexity index is 1360. The fourth-order valence-electron chi connectivity index (χ4n) is 3.86. The van der Waals surface area contributed by atoms with E-state index in [1.807, 2.05) is 13.0 Å². The number of hydrogen-bond acceptors (Lipinski definition) is 9. The highest BCUT2D eigenvalue weighted by Crippen LogP contribution is 2.37. The van der Waals surface area contributed by atoms with Crippen LogP contribution in [0.2, 0.25) is 5.02 Å². The fraction of sp³-hybridized carbons (Fsp3) is 0.333. The van der Waals surface area contributed by atoms with E-state index in [1.165, 1.54) is 16.8 Å². The van der Waals surface area contributed by atoms with Crippen LogP contribution in [0, 0.1) is 22.7 Å². The van der Waals surface area contributed by atoms with Crippen LogP contribution >= 0.6 is 11.6 Å². The SMILES string of the molecule is CCNc1nc(Nc2cc(C#N)cc(N3CC[C@H](NC(=O)O)[C@@H](F)C3)c2Cl)nn2c(C#N)cnc12. The van der Waals surface area contributed by atoms with Crippen molar-refractivity contribution in [3.8, 4) is 12.1 Å². The van der Waals surface area contributed by atoms with E-state index < -0.39 is 18.3 Å². The van der Waals surface area contributed by atoms with Gasteiger partial charge in [-0.05, 0) is 25.5 Å². The van der Waals surface area contributed by atoms with Gasteiger partial charge in [0.15, 0.2) is 17.2 Å². The van der Waals surface area contributed by atoms with E-state index in [1.54, 1.807) is 11.0 Å². The number of carbonyl (C=O) groups is 1. The van der Waals surface area contributed by atoms with Gasteiger partial charge in [-0.2, -0.15) is 20.0 Å². The van der Waals surface area contributed by atoms with Crippen LogP contribution in [0.5, 0.6) is 0 Å². The molecular weight excluding hydrogens is 479 g/mol. The Kier molecular flexibility index (Phi) is 6.71. The largest absolute Gasteiger partial charge is 0.465 e. The number of benzene rings is 1. The summed E-state index contributed by atoms with van der Waals surface area (Å²) in [4.78, 5) is 21.2. The van der Waals surface area contributed by atoms with E-state index in [0.717, 1.165) is 0 Å². The smallest absolute Gasteiger partial charge is 0.404 e. The first-order valence-corrected chi connectivity index (χ1v) is 11.0. The third kappa shape index (κ3) is 4.81. The zero-order valence-corrected chi connectivity index (χ0v) is 19.2. The van der Waals surface area contributed by atoms with Crippen molar-refractivity contribution in [3.05, 3.63) is 34.6 Å². The molecule has 0 aliphatic carbocycles. The Morgan fingerprint density at radius 1 is 1.37 bits per heavy atom. The number of amides is 1. The Balaban J connectivity index is 1.69. The predicted octanol–water partition coefficient (Wildman–Crippen LogP) is 2.88. The Labute approximate surface area is 203 Å². The van der Waals surface area contributed by atoms with E-state index in [-0.39, 0.29) is 35.2 Å². The van der Waals surface area contributed by atoms with E-state index >= 15 is 0 Å². The molecule has 4 N–H and O–H groups in total. The number of anilines is 4. The molecule has 0 radical (unpaired) electrons. The molecule has 35 heavy (non-hydrogen) atoms. The third-order valence-electron chi connectivity index (χ3n) is 5.44. The molecule has 1 aliphatic rings. The second-order valence-corrected chi connectivity index (χ2v) is 8.08. The minimum atomic E-state index is -1.46. The van der Waals surface area contributed by atoms with E-state index in [2.05, 4.69) is 37.1 Å². The molecule has 1 fully saturated rings. The molecule has 0 spiro atoms. The number of nitriles is 2. The minimum Gasteiger partial charge on any atom is -0.465 e. The molecule has 0 unspecified atom stereocenters. The number of aromatic nitrogens is 4. The molecule has 1 aliphatic heterocycles. The van der Waals surface area contributed by atoms with Gasteiger partial charge in [0, 0.05) is 13.1 Å². The van der Waals surface area contributed by atoms with Gasteiger partial charge in [0.2, 0.25) is 5.95 Å². The lowest BCUT2D eigenvalue weighted by Gasteiger charge is -2.36. The number of halogens is 2. The number of hydrogen-bond donors (Lipinski definition) is 4. The van der Waals surface area contributed by atoms with Crippen LogP contribution in [0.25, 0.3) is 5.65 Å². The van der Waals surface area contributed by atoms with Crippen LogP contribution in [0.3, 0.4) is 0 Å². The van der Waals surface area contributed by atoms with Crippen LogP contribution in [0.1, 0.15) is 24.6 Å². The van der Waals surface area contributed by atoms with Crippen molar-refractivity contribution in [1.82, 2.24) is 24.9 Å². The van der Waals surface area contributed by atoms with Crippen molar-refractivity contribution >= 4 is 46.5 Å². The molecule has 1 saturated heterocycles. The highest BCUT2D eigenvalue weighted by Gasteiger charge is 2.32. The maximum atomic E-state index is 14.7. The monoisotopic (exact) mass is 498 g/mol. The second-order valence-electron chi connectivity index (χ2n) is 7.71. The Morgan fingerprint density at radius 2 is 2.17 bits per heavy atom. The van der Waals surface area contributed by atoms with Gasteiger partial charge in [-0.1, -0.05) is 11.6 Å². The molecular formula is C21H20ClFN10O2. The number of piperidine rings is 1. The molecule has 2 aromatic heterocycles. The maximum absolute atomic E-state index is 14.7. The summed E-state index contributed by atoms with van der Waals surface area (Å²) in [5.74, 6) is 0.492. The average Bonchev–Trinajstić information content (AvgIpc) is 3.25. The maximum Gasteiger partial charge on any atom is 0.404 e. The molecule has 2 atom stereocenters. The van der Waals surface area contributed by atoms with Crippen LogP contribution in [0.4, 0.5) is 32.3 Å². The van der Waals surface area contributed by atoms with Gasteiger partial charge in [-0.15, -0.1) is 5.10 Å². The van der Waals surface area contributed by atoms with Gasteiger partial charge in [0.05, 0.1) is 46.8 Å². The van der Waals surface area contributed by atoms with E-state index in [0.29, 0.717) is 35.9 Å². The molecule has 0 bridgehead atoms. The number of nitrogens with one attached hydrogen (secondary N) is 3. The number of nitrogens with zero attached hydrogens (tertiary/aromatic N) is 7. The van der Waals surface area contributed by atoms with Gasteiger partial charge in [-0.25, -0.2) is 14.2 Å².